The Kier molecular flexibility index (Phi) is 6.12. The molecule has 1 aliphatic rings. The van der Waals surface area contributed by atoms with Gasteiger partial charge in [0.05, 0.1) is 21.8 Å². The lowest BCUT2D eigenvalue weighted by Gasteiger charge is -2.23. The minimum atomic E-state index is -1.09. The third-order valence-corrected chi connectivity index (χ3v) is 5.30. The van der Waals surface area contributed by atoms with Gasteiger partial charge in [0.1, 0.15) is 17.2 Å². The largest absolute Gasteiger partial charge is 0.369 e. The minimum absolute atomic E-state index is 0. The van der Waals surface area contributed by atoms with Gasteiger partial charge in [0.25, 0.3) is 5.56 Å². The maximum Gasteiger partial charge on any atom is 0.369 e. The molecule has 1 saturated heterocycles. The molecule has 2 aromatic carbocycles. The SMILES string of the molecule is Cl.N[C@H]1CCN(c2c(F)cc3c(=O)n(N)c(=O)n(Nc4ccc(F)cc4F)c3c2Cl)C1. The summed E-state index contributed by atoms with van der Waals surface area (Å²) in [5.41, 5.74) is 5.72. The van der Waals surface area contributed by atoms with Crippen molar-refractivity contribution in [2.45, 2.75) is 12.5 Å². The van der Waals surface area contributed by atoms with Gasteiger partial charge in [0, 0.05) is 25.2 Å². The number of fused-ring (bicyclic) bond motifs is 1. The van der Waals surface area contributed by atoms with Crippen LogP contribution in [-0.4, -0.2) is 28.5 Å². The number of rotatable bonds is 3. The third-order valence-electron chi connectivity index (χ3n) is 4.94. The second-order valence-corrected chi connectivity index (χ2v) is 7.32. The van der Waals surface area contributed by atoms with Crippen LogP contribution in [0.1, 0.15) is 6.42 Å². The second-order valence-electron chi connectivity index (χ2n) is 6.94. The van der Waals surface area contributed by atoms with Crippen molar-refractivity contribution >= 4 is 46.3 Å². The molecule has 5 N–H and O–H groups in total. The van der Waals surface area contributed by atoms with Crippen LogP contribution < -0.4 is 33.2 Å². The number of aromatic nitrogens is 2. The highest BCUT2D eigenvalue weighted by Crippen LogP contribution is 2.36. The molecule has 0 unspecified atom stereocenters. The fraction of sp³-hybridized carbons (Fsp3) is 0.222. The van der Waals surface area contributed by atoms with Gasteiger partial charge >= 0.3 is 5.69 Å². The van der Waals surface area contributed by atoms with E-state index in [0.29, 0.717) is 30.3 Å². The number of benzene rings is 2. The van der Waals surface area contributed by atoms with E-state index in [1.807, 2.05) is 0 Å². The standard InChI is InChI=1S/C18H16ClF3N6O2.ClH/c19-14-15-10(6-12(22)16(14)26-4-3-9(23)7-26)17(29)27(24)18(30)28(15)25-13-2-1-8(20)5-11(13)21;/h1-2,5-6,9,25H,3-4,7,23-24H2;1H/t9-;/m0./s1. The number of anilines is 2. The van der Waals surface area contributed by atoms with Crippen LogP contribution in [0, 0.1) is 17.5 Å². The van der Waals surface area contributed by atoms with Crippen LogP contribution >= 0.6 is 24.0 Å². The number of nitrogens with zero attached hydrogens (tertiary/aromatic N) is 3. The van der Waals surface area contributed by atoms with Gasteiger partial charge in [-0.15, -0.1) is 12.4 Å². The van der Waals surface area contributed by atoms with Crippen molar-refractivity contribution in [3.63, 3.8) is 0 Å². The summed E-state index contributed by atoms with van der Waals surface area (Å²) in [6.45, 7) is 0.738. The van der Waals surface area contributed by atoms with E-state index in [4.69, 9.17) is 23.2 Å². The molecule has 4 rings (SSSR count). The van der Waals surface area contributed by atoms with E-state index >= 15 is 0 Å². The Morgan fingerprint density at radius 1 is 1.13 bits per heavy atom. The van der Waals surface area contributed by atoms with E-state index < -0.39 is 28.7 Å². The molecule has 1 aromatic heterocycles. The van der Waals surface area contributed by atoms with Crippen LogP contribution in [0.25, 0.3) is 10.9 Å². The average molecular weight is 477 g/mol. The zero-order valence-corrected chi connectivity index (χ0v) is 17.3. The number of hydrogen-bond acceptors (Lipinski definition) is 6. The number of hydrogen-bond donors (Lipinski definition) is 3. The fourth-order valence-electron chi connectivity index (χ4n) is 3.48. The van der Waals surface area contributed by atoms with Crippen molar-refractivity contribution in [3.05, 3.63) is 67.6 Å². The highest BCUT2D eigenvalue weighted by Gasteiger charge is 2.28. The first-order valence-electron chi connectivity index (χ1n) is 8.86. The molecule has 0 saturated carbocycles. The Morgan fingerprint density at radius 2 is 1.84 bits per heavy atom. The molecule has 0 aliphatic carbocycles. The summed E-state index contributed by atoms with van der Waals surface area (Å²) in [7, 11) is 0. The third kappa shape index (κ3) is 3.80. The normalized spacial score (nSPS) is 15.9. The molecule has 0 amide bonds. The first-order valence-corrected chi connectivity index (χ1v) is 9.24. The Labute approximate surface area is 184 Å². The fourth-order valence-corrected chi connectivity index (χ4v) is 3.88. The Morgan fingerprint density at radius 3 is 2.45 bits per heavy atom. The van der Waals surface area contributed by atoms with E-state index in [1.165, 1.54) is 0 Å². The summed E-state index contributed by atoms with van der Waals surface area (Å²) >= 11 is 6.44. The highest BCUT2D eigenvalue weighted by molar-refractivity contribution is 6.38. The predicted octanol–water partition coefficient (Wildman–Crippen LogP) is 1.78. The van der Waals surface area contributed by atoms with Crippen LogP contribution in [0.5, 0.6) is 0 Å². The molecule has 31 heavy (non-hydrogen) atoms. The molecule has 166 valence electrons. The van der Waals surface area contributed by atoms with Crippen LogP contribution in [0.15, 0.2) is 33.9 Å². The molecular weight excluding hydrogens is 460 g/mol. The molecule has 8 nitrogen and oxygen atoms in total. The van der Waals surface area contributed by atoms with Crippen LogP contribution in [0.4, 0.5) is 24.5 Å². The number of nitrogens with two attached hydrogens (primary N) is 2. The maximum atomic E-state index is 14.9. The first kappa shape index (κ1) is 22.8. The van der Waals surface area contributed by atoms with Gasteiger partial charge in [0.2, 0.25) is 0 Å². The lowest BCUT2D eigenvalue weighted by molar-refractivity contribution is 0.583. The zero-order valence-electron chi connectivity index (χ0n) is 15.7. The number of halogens is 5. The van der Waals surface area contributed by atoms with Gasteiger partial charge in [-0.2, -0.15) is 4.68 Å². The van der Waals surface area contributed by atoms with Gasteiger partial charge < -0.3 is 16.5 Å². The Hall–Kier alpha value is -2.89. The van der Waals surface area contributed by atoms with E-state index in [-0.39, 0.29) is 50.4 Å². The molecule has 0 radical (unpaired) electrons. The molecule has 1 aliphatic heterocycles. The topological polar surface area (TPSA) is 111 Å². The minimum Gasteiger partial charge on any atom is -0.366 e. The average Bonchev–Trinajstić information content (AvgIpc) is 3.11. The summed E-state index contributed by atoms with van der Waals surface area (Å²) in [5, 5.41) is -0.550. The van der Waals surface area contributed by atoms with Crippen molar-refractivity contribution < 1.29 is 13.2 Å². The predicted molar refractivity (Wildman–Crippen MR) is 115 cm³/mol. The van der Waals surface area contributed by atoms with Gasteiger partial charge in [-0.25, -0.2) is 22.6 Å². The zero-order chi connectivity index (χ0) is 21.7. The lowest BCUT2D eigenvalue weighted by Crippen LogP contribution is -2.46. The highest BCUT2D eigenvalue weighted by atomic mass is 35.5. The van der Waals surface area contributed by atoms with E-state index in [9.17, 15) is 22.8 Å². The summed E-state index contributed by atoms with van der Waals surface area (Å²) in [4.78, 5) is 26.7. The lowest BCUT2D eigenvalue weighted by atomic mass is 10.2. The quantitative estimate of drug-likeness (QED) is 0.497. The summed E-state index contributed by atoms with van der Waals surface area (Å²) in [5.74, 6) is 2.90. The molecule has 1 atom stereocenters. The molecule has 0 bridgehead atoms. The first-order chi connectivity index (χ1) is 14.2. The van der Waals surface area contributed by atoms with E-state index in [1.54, 1.807) is 4.90 Å². The Balaban J connectivity index is 0.00000272. The Bertz CT molecular complexity index is 1300. The van der Waals surface area contributed by atoms with Crippen molar-refractivity contribution in [1.82, 2.24) is 9.35 Å². The van der Waals surface area contributed by atoms with E-state index in [2.05, 4.69) is 5.43 Å². The molecule has 1 fully saturated rings. The van der Waals surface area contributed by atoms with Crippen LogP contribution in [0.2, 0.25) is 5.02 Å². The number of nitrogens with one attached hydrogen (secondary N) is 1. The van der Waals surface area contributed by atoms with Crippen LogP contribution in [0.3, 0.4) is 0 Å². The summed E-state index contributed by atoms with van der Waals surface area (Å²) in [6, 6.07) is 3.33. The molecule has 2 heterocycles. The smallest absolute Gasteiger partial charge is 0.366 e. The second kappa shape index (κ2) is 8.33. The van der Waals surface area contributed by atoms with Gasteiger partial charge in [0.15, 0.2) is 5.82 Å². The van der Waals surface area contributed by atoms with E-state index in [0.717, 1.165) is 18.2 Å². The van der Waals surface area contributed by atoms with Crippen molar-refractivity contribution in [2.75, 3.05) is 29.3 Å². The molecule has 13 heteroatoms. The summed E-state index contributed by atoms with van der Waals surface area (Å²) < 4.78 is 43.2. The van der Waals surface area contributed by atoms with Crippen molar-refractivity contribution in [1.29, 1.82) is 0 Å². The van der Waals surface area contributed by atoms with Crippen molar-refractivity contribution in [3.8, 4) is 0 Å². The molecule has 3 aromatic rings. The number of nitrogen functional groups attached to an aromatic ring is 1. The van der Waals surface area contributed by atoms with Crippen molar-refractivity contribution in [2.24, 2.45) is 5.73 Å². The maximum absolute atomic E-state index is 14.9. The molecular formula is C18H17Cl2F3N6O2. The van der Waals surface area contributed by atoms with Gasteiger partial charge in [-0.1, -0.05) is 11.6 Å². The van der Waals surface area contributed by atoms with Gasteiger partial charge in [-0.3, -0.25) is 10.2 Å². The monoisotopic (exact) mass is 476 g/mol. The summed E-state index contributed by atoms with van der Waals surface area (Å²) in [6.07, 6.45) is 0.601. The molecule has 0 spiro atoms. The van der Waals surface area contributed by atoms with Crippen LogP contribution in [-0.2, 0) is 0 Å². The van der Waals surface area contributed by atoms with Gasteiger partial charge in [-0.05, 0) is 24.6 Å².